The van der Waals surface area contributed by atoms with Gasteiger partial charge in [-0.2, -0.15) is 0 Å². The first-order valence-electron chi connectivity index (χ1n) is 8.93. The molecule has 0 saturated carbocycles. The number of unbranched alkanes of at least 4 members (excludes halogenated alkanes) is 1. The van der Waals surface area contributed by atoms with Gasteiger partial charge in [-0.1, -0.05) is 25.5 Å². The second-order valence-corrected chi connectivity index (χ2v) is 8.01. The van der Waals surface area contributed by atoms with Crippen LogP contribution in [0.3, 0.4) is 0 Å². The van der Waals surface area contributed by atoms with Gasteiger partial charge in [0, 0.05) is 11.3 Å². The van der Waals surface area contributed by atoms with Crippen LogP contribution < -0.4 is 14.2 Å². The average Bonchev–Trinajstić information content (AvgIpc) is 2.66. The molecule has 7 heteroatoms. The molecule has 0 unspecified atom stereocenters. The van der Waals surface area contributed by atoms with Crippen LogP contribution in [0.5, 0.6) is 11.5 Å². The van der Waals surface area contributed by atoms with Crippen LogP contribution in [0, 0.1) is 0 Å². The summed E-state index contributed by atoms with van der Waals surface area (Å²) in [7, 11) is -1.77. The number of sulfonamides is 1. The summed E-state index contributed by atoms with van der Waals surface area (Å²) in [6.45, 7) is 2.73. The molecule has 0 aliphatic heterocycles. The van der Waals surface area contributed by atoms with E-state index in [0.29, 0.717) is 29.4 Å². The second kappa shape index (κ2) is 9.94. The topological polar surface area (TPSA) is 81.7 Å². The molecule has 150 valence electrons. The van der Waals surface area contributed by atoms with Gasteiger partial charge in [-0.3, -0.25) is 9.52 Å². The predicted molar refractivity (Wildman–Crippen MR) is 112 cm³/mol. The monoisotopic (exact) mass is 403 g/mol. The van der Waals surface area contributed by atoms with Crippen LogP contribution in [0.15, 0.2) is 48.5 Å². The second-order valence-electron chi connectivity index (χ2n) is 6.26. The van der Waals surface area contributed by atoms with Crippen LogP contribution in [-0.4, -0.2) is 34.2 Å². The van der Waals surface area contributed by atoms with Gasteiger partial charge in [-0.15, -0.1) is 0 Å². The third-order valence-corrected chi connectivity index (χ3v) is 4.45. The van der Waals surface area contributed by atoms with E-state index < -0.39 is 10.0 Å². The maximum atomic E-state index is 12.3. The summed E-state index contributed by atoms with van der Waals surface area (Å²) in [5.41, 5.74) is 1.68. The minimum atomic E-state index is -3.35. The van der Waals surface area contributed by atoms with Gasteiger partial charge in [0.2, 0.25) is 10.0 Å². The van der Waals surface area contributed by atoms with Crippen LogP contribution in [0.1, 0.15) is 35.7 Å². The third-order valence-electron chi connectivity index (χ3n) is 3.84. The third kappa shape index (κ3) is 6.74. The van der Waals surface area contributed by atoms with Gasteiger partial charge < -0.3 is 9.47 Å². The number of ketones is 1. The lowest BCUT2D eigenvalue weighted by Crippen LogP contribution is -2.09. The van der Waals surface area contributed by atoms with Gasteiger partial charge in [0.05, 0.1) is 20.0 Å². The molecule has 1 N–H and O–H groups in total. The number of ether oxygens (including phenoxy) is 2. The van der Waals surface area contributed by atoms with Crippen molar-refractivity contribution >= 4 is 27.6 Å². The zero-order chi connectivity index (χ0) is 20.6. The molecule has 0 aromatic heterocycles. The molecule has 0 heterocycles. The summed E-state index contributed by atoms with van der Waals surface area (Å²) in [5, 5.41) is 0. The molecule has 2 aromatic carbocycles. The molecule has 0 atom stereocenters. The summed E-state index contributed by atoms with van der Waals surface area (Å²) >= 11 is 0. The number of carbonyl (C=O) groups excluding carboxylic acids is 1. The Morgan fingerprint density at radius 2 is 1.82 bits per heavy atom. The van der Waals surface area contributed by atoms with Crippen LogP contribution in [0.4, 0.5) is 5.69 Å². The summed E-state index contributed by atoms with van der Waals surface area (Å²) in [6.07, 6.45) is 6.26. The van der Waals surface area contributed by atoms with Gasteiger partial charge >= 0.3 is 0 Å². The van der Waals surface area contributed by atoms with E-state index in [9.17, 15) is 13.2 Å². The highest BCUT2D eigenvalue weighted by atomic mass is 32.2. The van der Waals surface area contributed by atoms with E-state index in [1.54, 1.807) is 37.5 Å². The van der Waals surface area contributed by atoms with Crippen molar-refractivity contribution in [2.75, 3.05) is 24.7 Å². The van der Waals surface area contributed by atoms with E-state index in [0.717, 1.165) is 24.7 Å². The highest BCUT2D eigenvalue weighted by molar-refractivity contribution is 7.92. The quantitative estimate of drug-likeness (QED) is 0.366. The van der Waals surface area contributed by atoms with Crippen molar-refractivity contribution in [3.05, 3.63) is 59.7 Å². The summed E-state index contributed by atoms with van der Waals surface area (Å²) in [6, 6.07) is 11.7. The molecule has 0 amide bonds. The number of methoxy groups -OCH3 is 1. The van der Waals surface area contributed by atoms with Crippen LogP contribution in [0.2, 0.25) is 0 Å². The van der Waals surface area contributed by atoms with E-state index in [2.05, 4.69) is 11.6 Å². The van der Waals surface area contributed by atoms with Crippen molar-refractivity contribution in [3.8, 4) is 11.5 Å². The Bertz CT molecular complexity index is 934. The molecule has 2 rings (SSSR count). The SMILES string of the molecule is CCCCOc1ccc(/C=C/C(=O)c2ccc(NS(C)(=O)=O)cc2)cc1OC. The van der Waals surface area contributed by atoms with E-state index in [1.165, 1.54) is 6.08 Å². The fourth-order valence-electron chi connectivity index (χ4n) is 2.42. The molecule has 6 nitrogen and oxygen atoms in total. The summed E-state index contributed by atoms with van der Waals surface area (Å²) in [5.74, 6) is 1.10. The summed E-state index contributed by atoms with van der Waals surface area (Å²) in [4.78, 5) is 12.3. The van der Waals surface area contributed by atoms with Gasteiger partial charge in [0.1, 0.15) is 0 Å². The Morgan fingerprint density at radius 3 is 2.43 bits per heavy atom. The number of benzene rings is 2. The first-order chi connectivity index (χ1) is 13.3. The molecular weight excluding hydrogens is 378 g/mol. The number of rotatable bonds is 10. The number of carbonyl (C=O) groups is 1. The smallest absolute Gasteiger partial charge is 0.229 e. The lowest BCUT2D eigenvalue weighted by atomic mass is 10.1. The Balaban J connectivity index is 2.07. The summed E-state index contributed by atoms with van der Waals surface area (Å²) < 4.78 is 35.9. The minimum absolute atomic E-state index is 0.187. The fourth-order valence-corrected chi connectivity index (χ4v) is 2.98. The molecule has 0 saturated heterocycles. The molecule has 0 fully saturated rings. The Labute approximate surface area is 166 Å². The number of nitrogens with one attached hydrogen (secondary N) is 1. The first kappa shape index (κ1) is 21.5. The first-order valence-corrected chi connectivity index (χ1v) is 10.8. The predicted octanol–water partition coefficient (Wildman–Crippen LogP) is 4.14. The zero-order valence-electron chi connectivity index (χ0n) is 16.3. The highest BCUT2D eigenvalue weighted by Crippen LogP contribution is 2.28. The normalized spacial score (nSPS) is 11.4. The van der Waals surface area contributed by atoms with Crippen LogP contribution in [0.25, 0.3) is 6.08 Å². The van der Waals surface area contributed by atoms with Crippen molar-refractivity contribution in [1.29, 1.82) is 0 Å². The van der Waals surface area contributed by atoms with Crippen LogP contribution >= 0.6 is 0 Å². The van der Waals surface area contributed by atoms with Crippen molar-refractivity contribution in [1.82, 2.24) is 0 Å². The van der Waals surface area contributed by atoms with Gasteiger partial charge in [0.15, 0.2) is 17.3 Å². The molecule has 0 radical (unpaired) electrons. The van der Waals surface area contributed by atoms with E-state index in [-0.39, 0.29) is 5.78 Å². The Kier molecular flexibility index (Phi) is 7.63. The number of hydrogen-bond acceptors (Lipinski definition) is 5. The Hall–Kier alpha value is -2.80. The van der Waals surface area contributed by atoms with Gasteiger partial charge in [-0.25, -0.2) is 8.42 Å². The maximum absolute atomic E-state index is 12.3. The molecule has 2 aromatic rings. The average molecular weight is 404 g/mol. The Morgan fingerprint density at radius 1 is 1.11 bits per heavy atom. The number of allylic oxidation sites excluding steroid dienone is 1. The molecule has 0 aliphatic rings. The fraction of sp³-hybridized carbons (Fsp3) is 0.286. The molecule has 0 bridgehead atoms. The highest BCUT2D eigenvalue weighted by Gasteiger charge is 2.07. The van der Waals surface area contributed by atoms with Gasteiger partial charge in [-0.05, 0) is 54.5 Å². The molecular formula is C21H25NO5S. The van der Waals surface area contributed by atoms with Gasteiger partial charge in [0.25, 0.3) is 0 Å². The van der Waals surface area contributed by atoms with Crippen molar-refractivity contribution in [2.24, 2.45) is 0 Å². The zero-order valence-corrected chi connectivity index (χ0v) is 17.1. The largest absolute Gasteiger partial charge is 0.493 e. The lowest BCUT2D eigenvalue weighted by Gasteiger charge is -2.10. The van der Waals surface area contributed by atoms with Crippen molar-refractivity contribution in [3.63, 3.8) is 0 Å². The molecule has 0 spiro atoms. The minimum Gasteiger partial charge on any atom is -0.493 e. The maximum Gasteiger partial charge on any atom is 0.229 e. The van der Waals surface area contributed by atoms with E-state index >= 15 is 0 Å². The molecule has 28 heavy (non-hydrogen) atoms. The number of hydrogen-bond donors (Lipinski definition) is 1. The standard InChI is InChI=1S/C21H25NO5S/c1-4-5-14-27-20-13-7-16(15-21(20)26-2)6-12-19(23)17-8-10-18(11-9-17)22-28(3,24)25/h6-13,15,22H,4-5,14H2,1-3H3/b12-6+. The van der Waals surface area contributed by atoms with Crippen LogP contribution in [-0.2, 0) is 10.0 Å². The van der Waals surface area contributed by atoms with E-state index in [4.69, 9.17) is 9.47 Å². The molecule has 0 aliphatic carbocycles. The van der Waals surface area contributed by atoms with Crippen molar-refractivity contribution in [2.45, 2.75) is 19.8 Å². The number of anilines is 1. The lowest BCUT2D eigenvalue weighted by molar-refractivity contribution is 0.104. The van der Waals surface area contributed by atoms with E-state index in [1.807, 2.05) is 18.2 Å². The van der Waals surface area contributed by atoms with Crippen molar-refractivity contribution < 1.29 is 22.7 Å².